The smallest absolute Gasteiger partial charge is 0.213 e. The second kappa shape index (κ2) is 6.20. The first-order valence-electron chi connectivity index (χ1n) is 6.87. The lowest BCUT2D eigenvalue weighted by Crippen LogP contribution is -2.37. The summed E-state index contributed by atoms with van der Waals surface area (Å²) in [6.45, 7) is 4.28. The van der Waals surface area contributed by atoms with Crippen molar-refractivity contribution in [3.63, 3.8) is 0 Å². The van der Waals surface area contributed by atoms with E-state index in [4.69, 9.17) is 0 Å². The highest BCUT2D eigenvalue weighted by molar-refractivity contribution is 7.89. The van der Waals surface area contributed by atoms with Gasteiger partial charge in [0.15, 0.2) is 0 Å². The van der Waals surface area contributed by atoms with Gasteiger partial charge in [-0.1, -0.05) is 12.1 Å². The van der Waals surface area contributed by atoms with Crippen LogP contribution >= 0.6 is 0 Å². The van der Waals surface area contributed by atoms with Crippen molar-refractivity contribution in [2.75, 3.05) is 12.3 Å². The number of nitrogens with one attached hydrogen (secondary N) is 2. The average Bonchev–Trinajstić information content (AvgIpc) is 2.83. The number of aryl methyl sites for hydroxylation is 1. The minimum absolute atomic E-state index is 0.0226. The zero-order valence-corrected chi connectivity index (χ0v) is 12.6. The molecule has 0 saturated carbocycles. The standard InChI is InChI=1S/C14H21FN2O2S/c1-10-5-6-12(8-14(10)15)11(2)17-20(18,19)9-13-4-3-7-16-13/h5-6,8,11,13,16-17H,3-4,7,9H2,1-2H3. The molecule has 2 unspecified atom stereocenters. The zero-order valence-electron chi connectivity index (χ0n) is 11.8. The largest absolute Gasteiger partial charge is 0.313 e. The number of sulfonamides is 1. The SMILES string of the molecule is Cc1ccc(C(C)NS(=O)(=O)CC2CCCN2)cc1F. The monoisotopic (exact) mass is 300 g/mol. The molecule has 2 rings (SSSR count). The molecule has 0 radical (unpaired) electrons. The molecule has 1 saturated heterocycles. The van der Waals surface area contributed by atoms with Crippen molar-refractivity contribution in [2.24, 2.45) is 0 Å². The number of rotatable bonds is 5. The van der Waals surface area contributed by atoms with Crippen molar-refractivity contribution in [1.29, 1.82) is 0 Å². The van der Waals surface area contributed by atoms with Gasteiger partial charge >= 0.3 is 0 Å². The van der Waals surface area contributed by atoms with Crippen LogP contribution in [0.15, 0.2) is 18.2 Å². The van der Waals surface area contributed by atoms with Crippen molar-refractivity contribution in [3.05, 3.63) is 35.1 Å². The lowest BCUT2D eigenvalue weighted by Gasteiger charge is -2.17. The maximum atomic E-state index is 13.5. The van der Waals surface area contributed by atoms with E-state index in [1.807, 2.05) is 0 Å². The van der Waals surface area contributed by atoms with Gasteiger partial charge in [0.1, 0.15) is 5.82 Å². The highest BCUT2D eigenvalue weighted by atomic mass is 32.2. The Hall–Kier alpha value is -0.980. The van der Waals surface area contributed by atoms with E-state index in [2.05, 4.69) is 10.0 Å². The fourth-order valence-electron chi connectivity index (χ4n) is 2.43. The Balaban J connectivity index is 2.01. The second-order valence-corrected chi connectivity index (χ2v) is 7.22. The van der Waals surface area contributed by atoms with Crippen LogP contribution in [-0.4, -0.2) is 26.8 Å². The van der Waals surface area contributed by atoms with E-state index in [0.717, 1.165) is 19.4 Å². The fourth-order valence-corrected chi connectivity index (χ4v) is 4.01. The summed E-state index contributed by atoms with van der Waals surface area (Å²) >= 11 is 0. The molecular formula is C14H21FN2O2S. The Morgan fingerprint density at radius 3 is 2.85 bits per heavy atom. The highest BCUT2D eigenvalue weighted by Gasteiger charge is 2.23. The topological polar surface area (TPSA) is 58.2 Å². The molecule has 2 atom stereocenters. The van der Waals surface area contributed by atoms with Gasteiger partial charge in [0, 0.05) is 12.1 Å². The zero-order chi connectivity index (χ0) is 14.8. The number of halogens is 1. The Morgan fingerprint density at radius 2 is 2.25 bits per heavy atom. The second-order valence-electron chi connectivity index (χ2n) is 5.42. The van der Waals surface area contributed by atoms with Crippen molar-refractivity contribution in [1.82, 2.24) is 10.0 Å². The van der Waals surface area contributed by atoms with Crippen LogP contribution in [0.2, 0.25) is 0 Å². The van der Waals surface area contributed by atoms with Crippen LogP contribution in [0.3, 0.4) is 0 Å². The summed E-state index contributed by atoms with van der Waals surface area (Å²) in [4.78, 5) is 0. The predicted molar refractivity (Wildman–Crippen MR) is 77.5 cm³/mol. The molecule has 1 fully saturated rings. The molecule has 0 aromatic heterocycles. The maximum absolute atomic E-state index is 13.5. The lowest BCUT2D eigenvalue weighted by atomic mass is 10.1. The Bertz CT molecular complexity index is 569. The Morgan fingerprint density at radius 1 is 1.50 bits per heavy atom. The summed E-state index contributed by atoms with van der Waals surface area (Å²) in [6, 6.07) is 4.38. The molecule has 20 heavy (non-hydrogen) atoms. The van der Waals surface area contributed by atoms with E-state index in [0.29, 0.717) is 11.1 Å². The van der Waals surface area contributed by atoms with Crippen LogP contribution < -0.4 is 10.0 Å². The van der Waals surface area contributed by atoms with E-state index >= 15 is 0 Å². The lowest BCUT2D eigenvalue weighted by molar-refractivity contribution is 0.549. The molecule has 0 amide bonds. The fraction of sp³-hybridized carbons (Fsp3) is 0.571. The third-order valence-electron chi connectivity index (χ3n) is 3.64. The van der Waals surface area contributed by atoms with Gasteiger partial charge < -0.3 is 5.32 Å². The molecule has 4 nitrogen and oxygen atoms in total. The van der Waals surface area contributed by atoms with Crippen molar-refractivity contribution in [2.45, 2.75) is 38.8 Å². The summed E-state index contributed by atoms with van der Waals surface area (Å²) in [7, 11) is -3.37. The molecule has 0 aliphatic carbocycles. The summed E-state index contributed by atoms with van der Waals surface area (Å²) in [6.07, 6.45) is 1.90. The van der Waals surface area contributed by atoms with Gasteiger partial charge in [-0.3, -0.25) is 0 Å². The molecule has 0 spiro atoms. The quantitative estimate of drug-likeness (QED) is 0.873. The number of benzene rings is 1. The van der Waals surface area contributed by atoms with Gasteiger partial charge in [-0.05, 0) is 50.4 Å². The minimum atomic E-state index is -3.37. The molecule has 0 bridgehead atoms. The average molecular weight is 300 g/mol. The van der Waals surface area contributed by atoms with Gasteiger partial charge in [0.2, 0.25) is 10.0 Å². The van der Waals surface area contributed by atoms with Gasteiger partial charge in [0.25, 0.3) is 0 Å². The van der Waals surface area contributed by atoms with Crippen LogP contribution in [0.4, 0.5) is 4.39 Å². The molecular weight excluding hydrogens is 279 g/mol. The molecule has 6 heteroatoms. The van der Waals surface area contributed by atoms with Crippen LogP contribution in [0, 0.1) is 12.7 Å². The van der Waals surface area contributed by atoms with Crippen LogP contribution in [0.1, 0.15) is 36.9 Å². The van der Waals surface area contributed by atoms with Gasteiger partial charge in [-0.2, -0.15) is 0 Å². The molecule has 112 valence electrons. The minimum Gasteiger partial charge on any atom is -0.313 e. The van der Waals surface area contributed by atoms with Crippen LogP contribution in [0.5, 0.6) is 0 Å². The van der Waals surface area contributed by atoms with Crippen LogP contribution in [-0.2, 0) is 10.0 Å². The summed E-state index contributed by atoms with van der Waals surface area (Å²) in [5, 5.41) is 3.16. The molecule has 1 aromatic rings. The Kier molecular flexibility index (Phi) is 4.78. The number of hydrogen-bond acceptors (Lipinski definition) is 3. The highest BCUT2D eigenvalue weighted by Crippen LogP contribution is 2.17. The first-order chi connectivity index (χ1) is 9.37. The summed E-state index contributed by atoms with van der Waals surface area (Å²) in [5.41, 5.74) is 1.19. The van der Waals surface area contributed by atoms with Gasteiger partial charge in [-0.15, -0.1) is 0 Å². The molecule has 1 aliphatic heterocycles. The summed E-state index contributed by atoms with van der Waals surface area (Å²) in [5.74, 6) is -0.239. The van der Waals surface area contributed by atoms with E-state index in [1.165, 1.54) is 6.07 Å². The maximum Gasteiger partial charge on any atom is 0.213 e. The first kappa shape index (κ1) is 15.4. The van der Waals surface area contributed by atoms with Gasteiger partial charge in [-0.25, -0.2) is 17.5 Å². The van der Waals surface area contributed by atoms with Gasteiger partial charge in [0.05, 0.1) is 5.75 Å². The van der Waals surface area contributed by atoms with Crippen molar-refractivity contribution < 1.29 is 12.8 Å². The van der Waals surface area contributed by atoms with E-state index in [9.17, 15) is 12.8 Å². The normalized spacial score (nSPS) is 21.1. The molecule has 1 aliphatic rings. The Labute approximate surface area is 119 Å². The van der Waals surface area contributed by atoms with Crippen molar-refractivity contribution in [3.8, 4) is 0 Å². The van der Waals surface area contributed by atoms with Crippen molar-refractivity contribution >= 4 is 10.0 Å². The van der Waals surface area contributed by atoms with E-state index in [1.54, 1.807) is 26.0 Å². The molecule has 1 heterocycles. The van der Waals surface area contributed by atoms with E-state index < -0.39 is 16.1 Å². The first-order valence-corrected chi connectivity index (χ1v) is 8.52. The molecule has 2 N–H and O–H groups in total. The third kappa shape index (κ3) is 4.01. The molecule has 1 aromatic carbocycles. The number of hydrogen-bond donors (Lipinski definition) is 2. The van der Waals surface area contributed by atoms with E-state index in [-0.39, 0.29) is 17.6 Å². The third-order valence-corrected chi connectivity index (χ3v) is 5.19. The predicted octanol–water partition coefficient (Wildman–Crippen LogP) is 1.87. The van der Waals surface area contributed by atoms with Crippen LogP contribution in [0.25, 0.3) is 0 Å². The summed E-state index contributed by atoms with van der Waals surface area (Å²) < 4.78 is 40.3.